The van der Waals surface area contributed by atoms with Gasteiger partial charge in [-0.1, -0.05) is 48.5 Å². The van der Waals surface area contributed by atoms with E-state index < -0.39 is 0 Å². The van der Waals surface area contributed by atoms with Gasteiger partial charge in [-0.05, 0) is 48.1 Å². The first kappa shape index (κ1) is 16.8. The minimum absolute atomic E-state index is 0.178. The van der Waals surface area contributed by atoms with E-state index in [9.17, 15) is 9.18 Å². The molecule has 0 bridgehead atoms. The molecule has 3 nitrogen and oxygen atoms in total. The van der Waals surface area contributed by atoms with E-state index in [-0.39, 0.29) is 16.8 Å². The van der Waals surface area contributed by atoms with Crippen LogP contribution in [0.2, 0.25) is 0 Å². The monoisotopic (exact) mass is 350 g/mol. The molecule has 3 aromatic rings. The molecule has 0 unspecified atom stereocenters. The fourth-order valence-electron chi connectivity index (χ4n) is 2.42. The number of hydrogen-bond donors (Lipinski definition) is 2. The lowest BCUT2D eigenvalue weighted by Crippen LogP contribution is -2.34. The zero-order valence-electron chi connectivity index (χ0n) is 13.2. The summed E-state index contributed by atoms with van der Waals surface area (Å²) in [5.74, 6) is -0.603. The number of carbonyl (C=O) groups excluding carboxylic acids is 1. The van der Waals surface area contributed by atoms with Gasteiger partial charge in [0.15, 0.2) is 5.11 Å². The number of benzene rings is 3. The zero-order chi connectivity index (χ0) is 17.6. The van der Waals surface area contributed by atoms with Crippen LogP contribution >= 0.6 is 12.2 Å². The van der Waals surface area contributed by atoms with Crippen molar-refractivity contribution < 1.29 is 9.18 Å². The molecule has 3 rings (SSSR count). The first-order valence-electron chi connectivity index (χ1n) is 7.66. The topological polar surface area (TPSA) is 41.1 Å². The van der Waals surface area contributed by atoms with E-state index in [1.54, 1.807) is 30.3 Å². The highest BCUT2D eigenvalue weighted by Crippen LogP contribution is 2.28. The predicted octanol–water partition coefficient (Wildman–Crippen LogP) is 4.62. The van der Waals surface area contributed by atoms with E-state index in [0.29, 0.717) is 11.3 Å². The summed E-state index contributed by atoms with van der Waals surface area (Å²) in [4.78, 5) is 12.2. The number of thiocarbonyl (C=S) groups is 1. The van der Waals surface area contributed by atoms with Crippen molar-refractivity contribution in [2.75, 3.05) is 5.32 Å². The number of halogens is 1. The third kappa shape index (κ3) is 4.28. The van der Waals surface area contributed by atoms with Gasteiger partial charge in [-0.2, -0.15) is 0 Å². The molecule has 0 fully saturated rings. The SMILES string of the molecule is O=C(NC(=S)Nc1ccccc1-c1cccc(F)c1)c1ccccc1. The molecule has 0 aliphatic rings. The van der Waals surface area contributed by atoms with Gasteiger partial charge in [0.2, 0.25) is 0 Å². The molecule has 0 radical (unpaired) electrons. The highest BCUT2D eigenvalue weighted by atomic mass is 32.1. The van der Waals surface area contributed by atoms with Gasteiger partial charge in [0.05, 0.1) is 0 Å². The molecular weight excluding hydrogens is 335 g/mol. The minimum Gasteiger partial charge on any atom is -0.332 e. The van der Waals surface area contributed by atoms with E-state index in [0.717, 1.165) is 11.1 Å². The Balaban J connectivity index is 1.77. The van der Waals surface area contributed by atoms with E-state index >= 15 is 0 Å². The molecule has 0 saturated heterocycles. The van der Waals surface area contributed by atoms with E-state index in [2.05, 4.69) is 10.6 Å². The average molecular weight is 350 g/mol. The van der Waals surface area contributed by atoms with Crippen LogP contribution in [0.4, 0.5) is 10.1 Å². The lowest BCUT2D eigenvalue weighted by Gasteiger charge is -2.14. The maximum absolute atomic E-state index is 13.5. The van der Waals surface area contributed by atoms with Crippen LogP contribution in [0, 0.1) is 5.82 Å². The second kappa shape index (κ2) is 7.68. The van der Waals surface area contributed by atoms with Crippen LogP contribution in [-0.2, 0) is 0 Å². The average Bonchev–Trinajstić information content (AvgIpc) is 2.63. The molecule has 0 heterocycles. The van der Waals surface area contributed by atoms with Gasteiger partial charge in [0, 0.05) is 16.8 Å². The standard InChI is InChI=1S/C20H15FN2OS/c21-16-10-6-9-15(13-16)17-11-4-5-12-18(17)22-20(25)23-19(24)14-7-2-1-3-8-14/h1-13H,(H2,22,23,24,25). The molecule has 0 spiro atoms. The number of anilines is 1. The second-order valence-corrected chi connectivity index (χ2v) is 5.74. The van der Waals surface area contributed by atoms with Crippen molar-refractivity contribution in [2.24, 2.45) is 0 Å². The summed E-state index contributed by atoms with van der Waals surface area (Å²) < 4.78 is 13.5. The molecule has 3 aromatic carbocycles. The largest absolute Gasteiger partial charge is 0.332 e. The Bertz CT molecular complexity index is 912. The van der Waals surface area contributed by atoms with Crippen LogP contribution in [0.5, 0.6) is 0 Å². The van der Waals surface area contributed by atoms with E-state index in [1.165, 1.54) is 12.1 Å². The fraction of sp³-hybridized carbons (Fsp3) is 0. The smallest absolute Gasteiger partial charge is 0.257 e. The summed E-state index contributed by atoms with van der Waals surface area (Å²) >= 11 is 5.23. The molecule has 0 aromatic heterocycles. The molecule has 0 atom stereocenters. The van der Waals surface area contributed by atoms with Crippen LogP contribution in [0.25, 0.3) is 11.1 Å². The summed E-state index contributed by atoms with van der Waals surface area (Å²) in [5, 5.41) is 5.83. The molecule has 1 amide bonds. The molecule has 124 valence electrons. The Hall–Kier alpha value is -3.05. The maximum atomic E-state index is 13.5. The van der Waals surface area contributed by atoms with Gasteiger partial charge in [0.25, 0.3) is 5.91 Å². The second-order valence-electron chi connectivity index (χ2n) is 5.33. The Kier molecular flexibility index (Phi) is 5.16. The van der Waals surface area contributed by atoms with E-state index in [1.807, 2.05) is 36.4 Å². The van der Waals surface area contributed by atoms with Crippen LogP contribution < -0.4 is 10.6 Å². The van der Waals surface area contributed by atoms with Gasteiger partial charge in [-0.25, -0.2) is 4.39 Å². The van der Waals surface area contributed by atoms with Crippen LogP contribution in [0.1, 0.15) is 10.4 Å². The van der Waals surface area contributed by atoms with Gasteiger partial charge >= 0.3 is 0 Å². The fourth-order valence-corrected chi connectivity index (χ4v) is 2.62. The zero-order valence-corrected chi connectivity index (χ0v) is 14.0. The number of para-hydroxylation sites is 1. The summed E-state index contributed by atoms with van der Waals surface area (Å²) in [6.45, 7) is 0. The minimum atomic E-state index is -0.313. The Morgan fingerprint density at radius 3 is 2.36 bits per heavy atom. The van der Waals surface area contributed by atoms with Crippen molar-refractivity contribution in [3.63, 3.8) is 0 Å². The molecule has 5 heteroatoms. The summed E-state index contributed by atoms with van der Waals surface area (Å²) in [7, 11) is 0. The number of amides is 1. The first-order chi connectivity index (χ1) is 12.1. The Morgan fingerprint density at radius 2 is 1.60 bits per heavy atom. The Morgan fingerprint density at radius 1 is 0.880 bits per heavy atom. The van der Waals surface area contributed by atoms with Crippen molar-refractivity contribution in [2.45, 2.75) is 0 Å². The normalized spacial score (nSPS) is 10.1. The molecule has 0 aliphatic heterocycles. The van der Waals surface area contributed by atoms with Crippen molar-refractivity contribution in [3.8, 4) is 11.1 Å². The quantitative estimate of drug-likeness (QED) is 0.677. The van der Waals surface area contributed by atoms with Gasteiger partial charge < -0.3 is 5.32 Å². The molecule has 25 heavy (non-hydrogen) atoms. The van der Waals surface area contributed by atoms with Crippen LogP contribution in [-0.4, -0.2) is 11.0 Å². The number of hydrogen-bond acceptors (Lipinski definition) is 2. The third-order valence-corrected chi connectivity index (χ3v) is 3.78. The molecular formula is C20H15FN2OS. The molecule has 0 aliphatic carbocycles. The van der Waals surface area contributed by atoms with Crippen LogP contribution in [0.3, 0.4) is 0 Å². The molecule has 2 N–H and O–H groups in total. The van der Waals surface area contributed by atoms with Gasteiger partial charge in [-0.15, -0.1) is 0 Å². The summed E-state index contributed by atoms with van der Waals surface area (Å²) in [5.41, 5.74) is 2.72. The highest BCUT2D eigenvalue weighted by molar-refractivity contribution is 7.80. The summed E-state index contributed by atoms with van der Waals surface area (Å²) in [6.07, 6.45) is 0. The van der Waals surface area contributed by atoms with E-state index in [4.69, 9.17) is 12.2 Å². The van der Waals surface area contributed by atoms with Gasteiger partial charge in [0.1, 0.15) is 5.82 Å². The predicted molar refractivity (Wildman–Crippen MR) is 102 cm³/mol. The maximum Gasteiger partial charge on any atom is 0.257 e. The molecule has 0 saturated carbocycles. The lowest BCUT2D eigenvalue weighted by atomic mass is 10.0. The Labute approximate surface area is 150 Å². The van der Waals surface area contributed by atoms with Gasteiger partial charge in [-0.3, -0.25) is 10.1 Å². The third-order valence-electron chi connectivity index (χ3n) is 3.57. The van der Waals surface area contributed by atoms with Crippen molar-refractivity contribution >= 4 is 28.9 Å². The number of nitrogens with one attached hydrogen (secondary N) is 2. The number of carbonyl (C=O) groups is 1. The first-order valence-corrected chi connectivity index (χ1v) is 8.06. The number of rotatable bonds is 3. The summed E-state index contributed by atoms with van der Waals surface area (Å²) in [6, 6.07) is 22.5. The van der Waals surface area contributed by atoms with Crippen molar-refractivity contribution in [1.29, 1.82) is 0 Å². The lowest BCUT2D eigenvalue weighted by molar-refractivity contribution is 0.0977. The van der Waals surface area contributed by atoms with Crippen molar-refractivity contribution in [1.82, 2.24) is 5.32 Å². The van der Waals surface area contributed by atoms with Crippen LogP contribution in [0.15, 0.2) is 78.9 Å². The highest BCUT2D eigenvalue weighted by Gasteiger charge is 2.10. The van der Waals surface area contributed by atoms with Crippen molar-refractivity contribution in [3.05, 3.63) is 90.2 Å².